The lowest BCUT2D eigenvalue weighted by molar-refractivity contribution is -0.0806. The second-order valence-electron chi connectivity index (χ2n) is 4.03. The van der Waals surface area contributed by atoms with Crippen molar-refractivity contribution >= 4 is 15.9 Å². The highest BCUT2D eigenvalue weighted by Crippen LogP contribution is 2.23. The molecule has 21 heavy (non-hydrogen) atoms. The van der Waals surface area contributed by atoms with E-state index in [9.17, 15) is 26.4 Å². The number of pyridine rings is 1. The van der Waals surface area contributed by atoms with Crippen molar-refractivity contribution in [3.05, 3.63) is 23.9 Å². The van der Waals surface area contributed by atoms with Crippen LogP contribution in [0.15, 0.2) is 18.3 Å². The van der Waals surface area contributed by atoms with E-state index in [0.29, 0.717) is 6.26 Å². The Hall–Kier alpha value is -1.88. The number of amides is 1. The van der Waals surface area contributed by atoms with Crippen LogP contribution >= 0.6 is 0 Å². The van der Waals surface area contributed by atoms with Crippen LogP contribution in [0.4, 0.5) is 13.2 Å². The maximum absolute atomic E-state index is 13.5. The number of sulfonamides is 1. The fraction of sp³-hybridized carbons (Fsp3) is 0.400. The van der Waals surface area contributed by atoms with E-state index in [1.54, 1.807) is 0 Å². The van der Waals surface area contributed by atoms with Crippen molar-refractivity contribution in [2.45, 2.75) is 18.8 Å². The minimum absolute atomic E-state index is 0.292. The number of rotatable bonds is 7. The Bertz CT molecular complexity index is 624. The van der Waals surface area contributed by atoms with Gasteiger partial charge in [-0.25, -0.2) is 17.8 Å². The van der Waals surface area contributed by atoms with Gasteiger partial charge in [0, 0.05) is 6.20 Å². The summed E-state index contributed by atoms with van der Waals surface area (Å²) < 4.78 is 66.7. The van der Waals surface area contributed by atoms with Crippen LogP contribution in [0, 0.1) is 0 Å². The topological polar surface area (TPSA) is 111 Å². The molecule has 1 amide bonds. The molecule has 118 valence electrons. The molecule has 0 aliphatic rings. The van der Waals surface area contributed by atoms with Crippen LogP contribution in [0.25, 0.3) is 0 Å². The number of hydrogen-bond donors (Lipinski definition) is 2. The van der Waals surface area contributed by atoms with Crippen LogP contribution in [0.3, 0.4) is 0 Å². The van der Waals surface area contributed by atoms with Gasteiger partial charge in [-0.15, -0.1) is 0 Å². The van der Waals surface area contributed by atoms with Crippen molar-refractivity contribution in [1.82, 2.24) is 9.71 Å². The van der Waals surface area contributed by atoms with Gasteiger partial charge < -0.3 is 10.5 Å². The first-order valence-electron chi connectivity index (χ1n) is 5.42. The Balaban J connectivity index is 2.79. The zero-order valence-corrected chi connectivity index (χ0v) is 11.5. The highest BCUT2D eigenvalue weighted by molar-refractivity contribution is 7.88. The molecular weight excluding hydrogens is 315 g/mol. The first-order chi connectivity index (χ1) is 9.50. The molecule has 1 heterocycles. The Morgan fingerprint density at radius 1 is 1.57 bits per heavy atom. The molecule has 11 heteroatoms. The van der Waals surface area contributed by atoms with Gasteiger partial charge in [0.1, 0.15) is 5.56 Å². The van der Waals surface area contributed by atoms with Crippen LogP contribution in [0.5, 0.6) is 5.88 Å². The summed E-state index contributed by atoms with van der Waals surface area (Å²) >= 11 is 0. The lowest BCUT2D eigenvalue weighted by Gasteiger charge is -2.19. The molecule has 1 unspecified atom stereocenters. The number of ether oxygens (including phenoxy) is 1. The third-order valence-corrected chi connectivity index (χ3v) is 2.70. The third-order valence-electron chi connectivity index (χ3n) is 2.03. The molecule has 0 aliphatic carbocycles. The minimum atomic E-state index is -4.23. The van der Waals surface area contributed by atoms with Crippen molar-refractivity contribution < 1.29 is 31.1 Å². The largest absolute Gasteiger partial charge is 0.442 e. The third kappa shape index (κ3) is 5.95. The number of nitrogens with zero attached hydrogens (tertiary/aromatic N) is 1. The molecular formula is C10H12F3N3O4S. The maximum atomic E-state index is 13.5. The van der Waals surface area contributed by atoms with E-state index >= 15 is 0 Å². The quantitative estimate of drug-likeness (QED) is 0.704. The van der Waals surface area contributed by atoms with Crippen molar-refractivity contribution in [3.63, 3.8) is 0 Å². The lowest BCUT2D eigenvalue weighted by Crippen LogP contribution is -2.43. The zero-order valence-electron chi connectivity index (χ0n) is 10.7. The molecule has 0 radical (unpaired) electrons. The highest BCUT2D eigenvalue weighted by atomic mass is 32.2. The summed E-state index contributed by atoms with van der Waals surface area (Å²) in [7, 11) is -4.23. The number of carbonyl (C=O) groups excluding carboxylic acids is 1. The average molecular weight is 327 g/mol. The molecule has 1 atom stereocenters. The number of nitrogens with one attached hydrogen (secondary N) is 1. The molecule has 0 saturated carbocycles. The van der Waals surface area contributed by atoms with Crippen molar-refractivity contribution in [3.8, 4) is 5.88 Å². The molecule has 1 rings (SSSR count). The van der Waals surface area contributed by atoms with E-state index in [1.165, 1.54) is 12.1 Å². The van der Waals surface area contributed by atoms with Gasteiger partial charge in [0.2, 0.25) is 22.3 Å². The van der Waals surface area contributed by atoms with Gasteiger partial charge >= 0.3 is 6.05 Å². The molecule has 7 nitrogen and oxygen atoms in total. The number of aromatic nitrogens is 1. The van der Waals surface area contributed by atoms with E-state index in [0.717, 1.165) is 10.9 Å². The van der Waals surface area contributed by atoms with Gasteiger partial charge in [-0.3, -0.25) is 4.79 Å². The van der Waals surface area contributed by atoms with Gasteiger partial charge in [-0.05, 0) is 12.1 Å². The summed E-state index contributed by atoms with van der Waals surface area (Å²) in [6.45, 7) is 0. The van der Waals surface area contributed by atoms with Gasteiger partial charge in [-0.2, -0.15) is 13.5 Å². The predicted molar refractivity (Wildman–Crippen MR) is 65.8 cm³/mol. The monoisotopic (exact) mass is 327 g/mol. The summed E-state index contributed by atoms with van der Waals surface area (Å²) in [6, 6.07) is -1.57. The van der Waals surface area contributed by atoms with Crippen LogP contribution in [0.2, 0.25) is 0 Å². The minimum Gasteiger partial charge on any atom is -0.442 e. The van der Waals surface area contributed by atoms with Crippen LogP contribution < -0.4 is 15.2 Å². The normalized spacial score (nSPS) is 13.7. The number of halogens is 3. The first-order valence-corrected chi connectivity index (χ1v) is 7.31. The second kappa shape index (κ2) is 6.26. The molecule has 1 aromatic heterocycles. The van der Waals surface area contributed by atoms with Crippen LogP contribution in [-0.4, -0.2) is 38.0 Å². The first kappa shape index (κ1) is 17.2. The Morgan fingerprint density at radius 3 is 2.71 bits per heavy atom. The lowest BCUT2D eigenvalue weighted by atomic mass is 10.2. The molecule has 1 aromatic rings. The summed E-state index contributed by atoms with van der Waals surface area (Å²) in [6.07, 6.45) is -2.57. The number of primary amides is 1. The van der Waals surface area contributed by atoms with E-state index in [4.69, 9.17) is 5.73 Å². The van der Waals surface area contributed by atoms with Crippen molar-refractivity contribution in [2.75, 3.05) is 6.26 Å². The van der Waals surface area contributed by atoms with E-state index in [-0.39, 0.29) is 5.56 Å². The van der Waals surface area contributed by atoms with Crippen LogP contribution in [-0.2, 0) is 10.0 Å². The summed E-state index contributed by atoms with van der Waals surface area (Å²) in [5.74, 6) is -1.54. The number of hydrogen-bond acceptors (Lipinski definition) is 5. The van der Waals surface area contributed by atoms with E-state index in [2.05, 4.69) is 9.72 Å². The molecule has 0 fully saturated rings. The highest BCUT2D eigenvalue weighted by Gasteiger charge is 2.37. The molecule has 3 N–H and O–H groups in total. The van der Waals surface area contributed by atoms with Crippen molar-refractivity contribution in [1.29, 1.82) is 0 Å². The summed E-state index contributed by atoms with van der Waals surface area (Å²) in [5, 5.41) is 0. The fourth-order valence-electron chi connectivity index (χ4n) is 1.35. The van der Waals surface area contributed by atoms with Gasteiger partial charge in [0.25, 0.3) is 5.91 Å². The number of carbonyl (C=O) groups is 1. The van der Waals surface area contributed by atoms with Crippen LogP contribution in [0.1, 0.15) is 16.8 Å². The SMILES string of the molecule is CS(=O)(=O)NC(F)(F)CC(F)Oc1ncccc1C(N)=O. The fourth-order valence-corrected chi connectivity index (χ4v) is 1.98. The van der Waals surface area contributed by atoms with E-state index in [1.807, 2.05) is 0 Å². The molecule has 0 aromatic carbocycles. The van der Waals surface area contributed by atoms with Gasteiger partial charge in [0.05, 0.1) is 12.7 Å². The zero-order chi connectivity index (χ0) is 16.3. The van der Waals surface area contributed by atoms with Crippen molar-refractivity contribution in [2.24, 2.45) is 5.73 Å². The average Bonchev–Trinajstić information content (AvgIpc) is 2.24. The molecule has 0 saturated heterocycles. The smallest absolute Gasteiger partial charge is 0.321 e. The summed E-state index contributed by atoms with van der Waals surface area (Å²) in [4.78, 5) is 14.5. The number of alkyl halides is 3. The predicted octanol–water partition coefficient (Wildman–Crippen LogP) is 0.387. The Kier molecular flexibility index (Phi) is 5.12. The molecule has 0 aliphatic heterocycles. The summed E-state index contributed by atoms with van der Waals surface area (Å²) in [5.41, 5.74) is 4.69. The second-order valence-corrected chi connectivity index (χ2v) is 5.78. The number of nitrogens with two attached hydrogens (primary N) is 1. The molecule has 0 bridgehead atoms. The standard InChI is InChI=1S/C10H12F3N3O4S/c1-21(18,19)16-10(12,13)5-7(11)20-9-6(8(14)17)3-2-4-15-9/h2-4,7,16H,5H2,1H3,(H2,14,17). The maximum Gasteiger partial charge on any atom is 0.321 e. The Labute approximate surface area is 118 Å². The molecule has 0 spiro atoms. The van der Waals surface area contributed by atoms with Gasteiger partial charge in [-0.1, -0.05) is 0 Å². The Morgan fingerprint density at radius 2 is 2.19 bits per heavy atom. The van der Waals surface area contributed by atoms with E-state index < -0.39 is 40.6 Å². The van der Waals surface area contributed by atoms with Gasteiger partial charge in [0.15, 0.2) is 0 Å².